The summed E-state index contributed by atoms with van der Waals surface area (Å²) in [6.07, 6.45) is 5.11. The summed E-state index contributed by atoms with van der Waals surface area (Å²) in [7, 11) is 0. The summed E-state index contributed by atoms with van der Waals surface area (Å²) in [6, 6.07) is 8.61. The van der Waals surface area contributed by atoms with Crippen LogP contribution in [0.4, 0.5) is 0 Å². The van der Waals surface area contributed by atoms with E-state index in [0.717, 1.165) is 5.76 Å². The predicted molar refractivity (Wildman–Crippen MR) is 80.9 cm³/mol. The molecule has 1 aromatic carbocycles. The van der Waals surface area contributed by atoms with E-state index >= 15 is 0 Å². The minimum Gasteiger partial charge on any atom is -0.465 e. The zero-order valence-corrected chi connectivity index (χ0v) is 11.9. The Balaban J connectivity index is 1.63. The second-order valence-electron chi connectivity index (χ2n) is 4.61. The van der Waals surface area contributed by atoms with Gasteiger partial charge < -0.3 is 13.9 Å². The number of allylic oxidation sites excluding steroid dienone is 1. The summed E-state index contributed by atoms with van der Waals surface area (Å²) >= 11 is 0. The maximum atomic E-state index is 12.0. The maximum absolute atomic E-state index is 12.0. The van der Waals surface area contributed by atoms with Gasteiger partial charge in [0.05, 0.1) is 12.0 Å². The third-order valence-electron chi connectivity index (χ3n) is 3.00. The molecule has 6 heteroatoms. The van der Waals surface area contributed by atoms with Crippen LogP contribution in [-0.4, -0.2) is 18.4 Å². The Bertz CT molecular complexity index is 733. The van der Waals surface area contributed by atoms with Crippen molar-refractivity contribution in [2.24, 2.45) is 5.10 Å². The average molecular weight is 298 g/mol. The van der Waals surface area contributed by atoms with E-state index in [0.29, 0.717) is 22.8 Å². The van der Waals surface area contributed by atoms with Crippen molar-refractivity contribution >= 4 is 17.7 Å². The van der Waals surface area contributed by atoms with Crippen LogP contribution in [0, 0.1) is 0 Å². The van der Waals surface area contributed by atoms with Crippen LogP contribution in [0.25, 0.3) is 6.08 Å². The smallest absolute Gasteiger partial charge is 0.271 e. The van der Waals surface area contributed by atoms with Crippen molar-refractivity contribution in [2.45, 2.75) is 6.92 Å². The number of amides is 1. The third kappa shape index (κ3) is 3.17. The number of fused-ring (bicyclic) bond motifs is 1. The molecular formula is C16H14N2O4. The first-order valence-electron chi connectivity index (χ1n) is 6.68. The fourth-order valence-corrected chi connectivity index (χ4v) is 1.87. The van der Waals surface area contributed by atoms with Gasteiger partial charge in [-0.05, 0) is 49.4 Å². The molecule has 112 valence electrons. The molecule has 0 aliphatic carbocycles. The van der Waals surface area contributed by atoms with Gasteiger partial charge in [-0.1, -0.05) is 0 Å². The highest BCUT2D eigenvalue weighted by Crippen LogP contribution is 2.32. The van der Waals surface area contributed by atoms with E-state index in [9.17, 15) is 4.79 Å². The van der Waals surface area contributed by atoms with Crippen LogP contribution in [0.3, 0.4) is 0 Å². The molecule has 6 nitrogen and oxygen atoms in total. The lowest BCUT2D eigenvalue weighted by atomic mass is 10.2. The molecule has 22 heavy (non-hydrogen) atoms. The normalized spacial score (nSPS) is 13.6. The summed E-state index contributed by atoms with van der Waals surface area (Å²) in [5.41, 5.74) is 3.59. The number of carbonyl (C=O) groups is 1. The van der Waals surface area contributed by atoms with E-state index in [4.69, 9.17) is 13.9 Å². The number of furan rings is 1. The van der Waals surface area contributed by atoms with Crippen LogP contribution in [0.15, 0.2) is 52.2 Å². The quantitative estimate of drug-likeness (QED) is 0.696. The zero-order valence-electron chi connectivity index (χ0n) is 11.9. The Morgan fingerprint density at radius 1 is 1.27 bits per heavy atom. The second kappa shape index (κ2) is 6.17. The lowest BCUT2D eigenvalue weighted by Crippen LogP contribution is -2.18. The first-order chi connectivity index (χ1) is 10.7. The monoisotopic (exact) mass is 298 g/mol. The van der Waals surface area contributed by atoms with Gasteiger partial charge in [-0.25, -0.2) is 5.43 Å². The topological polar surface area (TPSA) is 73.1 Å². The Hall–Kier alpha value is -3.02. The van der Waals surface area contributed by atoms with E-state index in [1.54, 1.807) is 49.6 Å². The van der Waals surface area contributed by atoms with Gasteiger partial charge >= 0.3 is 0 Å². The minimum atomic E-state index is -0.316. The molecule has 0 fully saturated rings. The Morgan fingerprint density at radius 2 is 2.14 bits per heavy atom. The number of nitrogens with zero attached hydrogens (tertiary/aromatic N) is 1. The number of nitrogens with one attached hydrogen (secondary N) is 1. The first-order valence-corrected chi connectivity index (χ1v) is 6.68. The summed E-state index contributed by atoms with van der Waals surface area (Å²) in [5, 5.41) is 4.01. The van der Waals surface area contributed by atoms with Crippen LogP contribution < -0.4 is 14.9 Å². The molecule has 0 saturated heterocycles. The van der Waals surface area contributed by atoms with Crippen molar-refractivity contribution in [1.29, 1.82) is 0 Å². The van der Waals surface area contributed by atoms with Crippen molar-refractivity contribution in [2.75, 3.05) is 6.79 Å². The van der Waals surface area contributed by atoms with Crippen molar-refractivity contribution < 1.29 is 18.7 Å². The van der Waals surface area contributed by atoms with Crippen molar-refractivity contribution in [3.8, 4) is 11.5 Å². The Morgan fingerprint density at radius 3 is 2.95 bits per heavy atom. The SMILES string of the molecule is CC(/C=C/c1ccco1)=N\NC(=O)c1ccc2c(c1)OCO2. The summed E-state index contributed by atoms with van der Waals surface area (Å²) in [5.74, 6) is 1.60. The molecule has 2 heterocycles. The van der Waals surface area contributed by atoms with Gasteiger partial charge in [-0.3, -0.25) is 4.79 Å². The van der Waals surface area contributed by atoms with Gasteiger partial charge in [0.1, 0.15) is 5.76 Å². The third-order valence-corrected chi connectivity index (χ3v) is 3.00. The van der Waals surface area contributed by atoms with E-state index in [2.05, 4.69) is 10.5 Å². The largest absolute Gasteiger partial charge is 0.465 e. The van der Waals surface area contributed by atoms with Crippen molar-refractivity contribution in [3.63, 3.8) is 0 Å². The summed E-state index contributed by atoms with van der Waals surface area (Å²) in [6.45, 7) is 1.95. The number of hydrazone groups is 1. The number of hydrogen-bond acceptors (Lipinski definition) is 5. The average Bonchev–Trinajstić information content (AvgIpc) is 3.20. The summed E-state index contributed by atoms with van der Waals surface area (Å²) in [4.78, 5) is 12.0. The van der Waals surface area contributed by atoms with Crippen LogP contribution >= 0.6 is 0 Å². The molecule has 1 aliphatic heterocycles. The Labute approximate surface area is 127 Å². The molecule has 1 aliphatic rings. The van der Waals surface area contributed by atoms with Crippen LogP contribution in [0.1, 0.15) is 23.0 Å². The van der Waals surface area contributed by atoms with Crippen molar-refractivity contribution in [3.05, 3.63) is 54.0 Å². The molecule has 0 radical (unpaired) electrons. The van der Waals surface area contributed by atoms with Gasteiger partial charge in [-0.2, -0.15) is 5.10 Å². The molecule has 1 amide bonds. The lowest BCUT2D eigenvalue weighted by Gasteiger charge is -2.02. The molecule has 0 bridgehead atoms. The highest BCUT2D eigenvalue weighted by molar-refractivity contribution is 5.99. The molecule has 3 rings (SSSR count). The van der Waals surface area contributed by atoms with E-state index in [1.165, 1.54) is 0 Å². The van der Waals surface area contributed by atoms with E-state index < -0.39 is 0 Å². The summed E-state index contributed by atoms with van der Waals surface area (Å²) < 4.78 is 15.6. The van der Waals surface area contributed by atoms with Crippen LogP contribution in [-0.2, 0) is 0 Å². The molecule has 0 spiro atoms. The zero-order chi connectivity index (χ0) is 15.4. The first kappa shape index (κ1) is 13.9. The fourth-order valence-electron chi connectivity index (χ4n) is 1.87. The van der Waals surface area contributed by atoms with Crippen LogP contribution in [0.5, 0.6) is 11.5 Å². The minimum absolute atomic E-state index is 0.176. The number of rotatable bonds is 4. The highest BCUT2D eigenvalue weighted by Gasteiger charge is 2.15. The molecular weight excluding hydrogens is 284 g/mol. The molecule has 0 saturated carbocycles. The van der Waals surface area contributed by atoms with Gasteiger partial charge in [0, 0.05) is 5.56 Å². The molecule has 0 atom stereocenters. The van der Waals surface area contributed by atoms with Crippen LogP contribution in [0.2, 0.25) is 0 Å². The highest BCUT2D eigenvalue weighted by atomic mass is 16.7. The van der Waals surface area contributed by atoms with Gasteiger partial charge in [0.2, 0.25) is 6.79 Å². The second-order valence-corrected chi connectivity index (χ2v) is 4.61. The number of hydrogen-bond donors (Lipinski definition) is 1. The van der Waals surface area contributed by atoms with Gasteiger partial charge in [0.15, 0.2) is 11.5 Å². The van der Waals surface area contributed by atoms with E-state index in [1.807, 2.05) is 6.07 Å². The molecule has 2 aromatic rings. The molecule has 1 aromatic heterocycles. The Kier molecular flexibility index (Phi) is 3.91. The standard InChI is InChI=1S/C16H14N2O4/c1-11(4-6-13-3-2-8-20-13)17-18-16(19)12-5-7-14-15(9-12)22-10-21-14/h2-9H,10H2,1H3,(H,18,19)/b6-4+,17-11+. The fraction of sp³-hybridized carbons (Fsp3) is 0.125. The van der Waals surface area contributed by atoms with Crippen molar-refractivity contribution in [1.82, 2.24) is 5.43 Å². The maximum Gasteiger partial charge on any atom is 0.271 e. The predicted octanol–water partition coefficient (Wildman–Crippen LogP) is 2.83. The molecule has 0 unspecified atom stereocenters. The van der Waals surface area contributed by atoms with Gasteiger partial charge in [-0.15, -0.1) is 0 Å². The van der Waals surface area contributed by atoms with E-state index in [-0.39, 0.29) is 12.7 Å². The lowest BCUT2D eigenvalue weighted by molar-refractivity contribution is 0.0954. The number of carbonyl (C=O) groups excluding carboxylic acids is 1. The molecule has 1 N–H and O–H groups in total. The number of benzene rings is 1. The number of ether oxygens (including phenoxy) is 2. The van der Waals surface area contributed by atoms with Gasteiger partial charge in [0.25, 0.3) is 5.91 Å².